The van der Waals surface area contributed by atoms with E-state index in [1.807, 2.05) is 19.1 Å². The lowest BCUT2D eigenvalue weighted by Crippen LogP contribution is -2.46. The minimum atomic E-state index is 0.00294. The van der Waals surface area contributed by atoms with Gasteiger partial charge in [-0.15, -0.1) is 0 Å². The molecule has 2 aliphatic rings. The van der Waals surface area contributed by atoms with Crippen LogP contribution in [-0.2, 0) is 4.74 Å². The van der Waals surface area contributed by atoms with Crippen LogP contribution < -0.4 is 5.32 Å². The first-order valence-corrected chi connectivity index (χ1v) is 8.29. The Labute approximate surface area is 132 Å². The molecule has 0 aromatic carbocycles. The van der Waals surface area contributed by atoms with E-state index in [-0.39, 0.29) is 11.9 Å². The van der Waals surface area contributed by atoms with Crippen LogP contribution in [0.15, 0.2) is 18.3 Å². The number of ether oxygens (including phenoxy) is 1. The minimum Gasteiger partial charge on any atom is -0.377 e. The molecular formula is C17H25N3O2. The number of aromatic nitrogens is 1. The Morgan fingerprint density at radius 3 is 2.91 bits per heavy atom. The van der Waals surface area contributed by atoms with E-state index in [1.54, 1.807) is 6.20 Å². The molecule has 0 bridgehead atoms. The van der Waals surface area contributed by atoms with Gasteiger partial charge in [0.2, 0.25) is 0 Å². The van der Waals surface area contributed by atoms with E-state index >= 15 is 0 Å². The number of rotatable bonds is 4. The maximum Gasteiger partial charge on any atom is 0.253 e. The molecule has 0 spiro atoms. The second-order valence-electron chi connectivity index (χ2n) is 6.32. The number of hydrogen-bond acceptors (Lipinski definition) is 4. The van der Waals surface area contributed by atoms with Crippen molar-refractivity contribution < 1.29 is 9.53 Å². The van der Waals surface area contributed by atoms with Gasteiger partial charge in [-0.1, -0.05) is 0 Å². The van der Waals surface area contributed by atoms with Crippen molar-refractivity contribution in [2.45, 2.75) is 44.8 Å². The fourth-order valence-corrected chi connectivity index (χ4v) is 3.32. The zero-order chi connectivity index (χ0) is 15.4. The Balaban J connectivity index is 1.45. The summed E-state index contributed by atoms with van der Waals surface area (Å²) in [6.07, 6.45) is 6.55. The normalized spacial score (nSPS) is 23.6. The van der Waals surface area contributed by atoms with Crippen LogP contribution in [0, 0.1) is 6.92 Å². The SMILES string of the molecule is Cc1ncccc1C(=O)NC1CCN(CC2CCCO2)CC1. The summed E-state index contributed by atoms with van der Waals surface area (Å²) in [5.41, 5.74) is 1.47. The highest BCUT2D eigenvalue weighted by atomic mass is 16.5. The molecule has 0 saturated carbocycles. The van der Waals surface area contributed by atoms with Gasteiger partial charge in [-0.3, -0.25) is 9.78 Å². The zero-order valence-electron chi connectivity index (χ0n) is 13.3. The number of pyridine rings is 1. The standard InChI is InChI=1S/C17H25N3O2/c1-13-16(5-2-8-18-13)17(21)19-14-6-9-20(10-7-14)12-15-4-3-11-22-15/h2,5,8,14-15H,3-4,6-7,9-12H2,1H3,(H,19,21). The van der Waals surface area contributed by atoms with Crippen LogP contribution in [0.25, 0.3) is 0 Å². The molecule has 1 unspecified atom stereocenters. The smallest absolute Gasteiger partial charge is 0.253 e. The molecule has 1 atom stereocenters. The lowest BCUT2D eigenvalue weighted by Gasteiger charge is -2.33. The number of carbonyl (C=O) groups is 1. The van der Waals surface area contributed by atoms with Crippen molar-refractivity contribution in [3.8, 4) is 0 Å². The van der Waals surface area contributed by atoms with Gasteiger partial charge >= 0.3 is 0 Å². The van der Waals surface area contributed by atoms with Crippen LogP contribution >= 0.6 is 0 Å². The second kappa shape index (κ2) is 7.20. The molecule has 0 radical (unpaired) electrons. The van der Waals surface area contributed by atoms with E-state index in [1.165, 1.54) is 12.8 Å². The summed E-state index contributed by atoms with van der Waals surface area (Å²) in [4.78, 5) is 19.0. The maximum absolute atomic E-state index is 12.3. The van der Waals surface area contributed by atoms with Gasteiger partial charge in [0.25, 0.3) is 5.91 Å². The largest absolute Gasteiger partial charge is 0.377 e. The molecule has 1 aromatic heterocycles. The maximum atomic E-state index is 12.3. The Bertz CT molecular complexity index is 506. The number of aryl methyl sites for hydroxylation is 1. The van der Waals surface area contributed by atoms with Gasteiger partial charge in [-0.25, -0.2) is 0 Å². The lowest BCUT2D eigenvalue weighted by atomic mass is 10.0. The van der Waals surface area contributed by atoms with Gasteiger partial charge < -0.3 is 15.0 Å². The summed E-state index contributed by atoms with van der Waals surface area (Å²) in [7, 11) is 0. The number of piperidine rings is 1. The Morgan fingerprint density at radius 2 is 2.23 bits per heavy atom. The van der Waals surface area contributed by atoms with Crippen molar-refractivity contribution in [2.24, 2.45) is 0 Å². The Kier molecular flexibility index (Phi) is 5.05. The van der Waals surface area contributed by atoms with Crippen LogP contribution in [0.3, 0.4) is 0 Å². The minimum absolute atomic E-state index is 0.00294. The van der Waals surface area contributed by atoms with Crippen molar-refractivity contribution >= 4 is 5.91 Å². The molecule has 2 aliphatic heterocycles. The van der Waals surface area contributed by atoms with Crippen LogP contribution in [0.1, 0.15) is 41.7 Å². The van der Waals surface area contributed by atoms with Crippen molar-refractivity contribution in [3.05, 3.63) is 29.6 Å². The van der Waals surface area contributed by atoms with Crippen molar-refractivity contribution in [2.75, 3.05) is 26.2 Å². The third-order valence-corrected chi connectivity index (χ3v) is 4.66. The predicted octanol–water partition coefficient (Wildman–Crippen LogP) is 1.76. The fraction of sp³-hybridized carbons (Fsp3) is 0.647. The van der Waals surface area contributed by atoms with E-state index in [2.05, 4.69) is 15.2 Å². The molecular weight excluding hydrogens is 278 g/mol. The van der Waals surface area contributed by atoms with Crippen molar-refractivity contribution in [1.29, 1.82) is 0 Å². The van der Waals surface area contributed by atoms with Gasteiger partial charge in [0.05, 0.1) is 11.7 Å². The van der Waals surface area contributed by atoms with Gasteiger partial charge in [-0.05, 0) is 44.7 Å². The predicted molar refractivity (Wildman–Crippen MR) is 84.9 cm³/mol. The van der Waals surface area contributed by atoms with Crippen molar-refractivity contribution in [1.82, 2.24) is 15.2 Å². The van der Waals surface area contributed by atoms with Gasteiger partial charge in [0.1, 0.15) is 0 Å². The van der Waals surface area contributed by atoms with E-state index < -0.39 is 0 Å². The average molecular weight is 303 g/mol. The first kappa shape index (κ1) is 15.4. The molecule has 0 aliphatic carbocycles. The summed E-state index contributed by atoms with van der Waals surface area (Å²) in [5.74, 6) is 0.00294. The van der Waals surface area contributed by atoms with Crippen LogP contribution in [0.4, 0.5) is 0 Å². The first-order valence-electron chi connectivity index (χ1n) is 8.29. The van der Waals surface area contributed by atoms with E-state index in [0.29, 0.717) is 11.7 Å². The fourth-order valence-electron chi connectivity index (χ4n) is 3.32. The molecule has 1 amide bonds. The highest BCUT2D eigenvalue weighted by molar-refractivity contribution is 5.95. The third kappa shape index (κ3) is 3.84. The molecule has 5 heteroatoms. The molecule has 2 saturated heterocycles. The number of hydrogen-bond donors (Lipinski definition) is 1. The molecule has 3 heterocycles. The zero-order valence-corrected chi connectivity index (χ0v) is 13.3. The number of amides is 1. The number of nitrogens with zero attached hydrogens (tertiary/aromatic N) is 2. The molecule has 5 nitrogen and oxygen atoms in total. The van der Waals surface area contributed by atoms with E-state index in [4.69, 9.17) is 4.74 Å². The topological polar surface area (TPSA) is 54.5 Å². The first-order chi connectivity index (χ1) is 10.7. The third-order valence-electron chi connectivity index (χ3n) is 4.66. The summed E-state index contributed by atoms with van der Waals surface area (Å²) in [6, 6.07) is 3.92. The lowest BCUT2D eigenvalue weighted by molar-refractivity contribution is 0.0612. The van der Waals surface area contributed by atoms with Crippen LogP contribution in [0.2, 0.25) is 0 Å². The van der Waals surface area contributed by atoms with Gasteiger partial charge in [-0.2, -0.15) is 0 Å². The monoisotopic (exact) mass is 303 g/mol. The summed E-state index contributed by atoms with van der Waals surface area (Å²) < 4.78 is 5.70. The van der Waals surface area contributed by atoms with Gasteiger partial charge in [0, 0.05) is 44.2 Å². The average Bonchev–Trinajstić information content (AvgIpc) is 3.02. The number of nitrogens with one attached hydrogen (secondary N) is 1. The molecule has 1 aromatic rings. The number of carbonyl (C=O) groups excluding carboxylic acids is 1. The van der Waals surface area contributed by atoms with E-state index in [0.717, 1.165) is 44.8 Å². The van der Waals surface area contributed by atoms with Crippen molar-refractivity contribution in [3.63, 3.8) is 0 Å². The second-order valence-corrected chi connectivity index (χ2v) is 6.32. The molecule has 2 fully saturated rings. The molecule has 3 rings (SSSR count). The molecule has 1 N–H and O–H groups in total. The Hall–Kier alpha value is -1.46. The van der Waals surface area contributed by atoms with Crippen LogP contribution in [-0.4, -0.2) is 54.2 Å². The van der Waals surface area contributed by atoms with Gasteiger partial charge in [0.15, 0.2) is 0 Å². The van der Waals surface area contributed by atoms with E-state index in [9.17, 15) is 4.79 Å². The highest BCUT2D eigenvalue weighted by Gasteiger charge is 2.25. The summed E-state index contributed by atoms with van der Waals surface area (Å²) in [6.45, 7) is 5.91. The Morgan fingerprint density at radius 1 is 1.41 bits per heavy atom. The molecule has 22 heavy (non-hydrogen) atoms. The highest BCUT2D eigenvalue weighted by Crippen LogP contribution is 2.17. The number of likely N-dealkylation sites (tertiary alicyclic amines) is 1. The summed E-state index contributed by atoms with van der Waals surface area (Å²) >= 11 is 0. The summed E-state index contributed by atoms with van der Waals surface area (Å²) in [5, 5.41) is 3.15. The molecule has 120 valence electrons. The van der Waals surface area contributed by atoms with Crippen LogP contribution in [0.5, 0.6) is 0 Å². The quantitative estimate of drug-likeness (QED) is 0.921.